The van der Waals surface area contributed by atoms with Crippen molar-refractivity contribution in [2.75, 3.05) is 26.1 Å². The molecular formula is C19H25NO3. The molecule has 2 aromatic rings. The third-order valence-corrected chi connectivity index (χ3v) is 3.91. The molecule has 0 aromatic heterocycles. The fourth-order valence-corrected chi connectivity index (χ4v) is 2.59. The molecule has 0 saturated carbocycles. The lowest BCUT2D eigenvalue weighted by Crippen LogP contribution is -2.10. The first-order valence-electron chi connectivity index (χ1n) is 7.90. The number of benzene rings is 2. The van der Waals surface area contributed by atoms with E-state index in [1.807, 2.05) is 24.3 Å². The highest BCUT2D eigenvalue weighted by molar-refractivity contribution is 5.49. The van der Waals surface area contributed by atoms with Gasteiger partial charge in [-0.1, -0.05) is 25.1 Å². The first kappa shape index (κ1) is 17.2. The van der Waals surface area contributed by atoms with Crippen LogP contribution >= 0.6 is 0 Å². The van der Waals surface area contributed by atoms with Gasteiger partial charge in [-0.2, -0.15) is 0 Å². The highest BCUT2D eigenvalue weighted by Crippen LogP contribution is 2.32. The maximum absolute atomic E-state index is 8.98. The van der Waals surface area contributed by atoms with Crippen LogP contribution < -0.4 is 14.8 Å². The minimum atomic E-state index is 0.177. The summed E-state index contributed by atoms with van der Waals surface area (Å²) in [5.74, 6) is 1.48. The summed E-state index contributed by atoms with van der Waals surface area (Å²) >= 11 is 0. The third kappa shape index (κ3) is 4.39. The number of methoxy groups -OCH3 is 2. The van der Waals surface area contributed by atoms with Crippen molar-refractivity contribution < 1.29 is 14.6 Å². The molecule has 0 heterocycles. The summed E-state index contributed by atoms with van der Waals surface area (Å²) in [4.78, 5) is 0. The molecule has 2 aromatic carbocycles. The second-order valence-electron chi connectivity index (χ2n) is 5.39. The number of anilines is 1. The van der Waals surface area contributed by atoms with E-state index < -0.39 is 0 Å². The zero-order chi connectivity index (χ0) is 16.7. The number of aliphatic hydroxyl groups excluding tert-OH is 1. The zero-order valence-electron chi connectivity index (χ0n) is 14.0. The van der Waals surface area contributed by atoms with E-state index in [-0.39, 0.29) is 12.6 Å². The van der Waals surface area contributed by atoms with Gasteiger partial charge in [0.1, 0.15) is 0 Å². The van der Waals surface area contributed by atoms with Crippen molar-refractivity contribution in [2.24, 2.45) is 0 Å². The van der Waals surface area contributed by atoms with E-state index in [9.17, 15) is 0 Å². The molecule has 0 spiro atoms. The summed E-state index contributed by atoms with van der Waals surface area (Å²) in [6.45, 7) is 2.32. The molecule has 0 amide bonds. The minimum absolute atomic E-state index is 0.177. The van der Waals surface area contributed by atoms with Gasteiger partial charge in [0.15, 0.2) is 11.5 Å². The van der Waals surface area contributed by atoms with E-state index in [1.165, 1.54) is 0 Å². The van der Waals surface area contributed by atoms with Crippen LogP contribution in [0.15, 0.2) is 42.5 Å². The van der Waals surface area contributed by atoms with E-state index in [2.05, 4.69) is 30.4 Å². The van der Waals surface area contributed by atoms with Crippen LogP contribution in [0.2, 0.25) is 0 Å². The van der Waals surface area contributed by atoms with Gasteiger partial charge in [0.25, 0.3) is 0 Å². The molecule has 2 rings (SSSR count). The predicted octanol–water partition coefficient (Wildman–Crippen LogP) is 3.80. The number of rotatable bonds is 8. The van der Waals surface area contributed by atoms with Crippen molar-refractivity contribution in [3.8, 4) is 11.5 Å². The van der Waals surface area contributed by atoms with Gasteiger partial charge in [-0.25, -0.2) is 0 Å². The Balaban J connectivity index is 2.16. The summed E-state index contributed by atoms with van der Waals surface area (Å²) in [6.07, 6.45) is 1.64. The van der Waals surface area contributed by atoms with E-state index in [1.54, 1.807) is 14.2 Å². The average molecular weight is 315 g/mol. The first-order valence-corrected chi connectivity index (χ1v) is 7.90. The Morgan fingerprint density at radius 2 is 1.70 bits per heavy atom. The molecule has 0 aliphatic carbocycles. The lowest BCUT2D eigenvalue weighted by Gasteiger charge is -2.20. The lowest BCUT2D eigenvalue weighted by atomic mass is 10.0. The molecule has 0 bridgehead atoms. The molecule has 0 fully saturated rings. The van der Waals surface area contributed by atoms with Crippen LogP contribution in [0.4, 0.5) is 5.69 Å². The molecule has 4 heteroatoms. The van der Waals surface area contributed by atoms with Gasteiger partial charge in [0, 0.05) is 12.3 Å². The van der Waals surface area contributed by atoms with E-state index in [0.717, 1.165) is 34.7 Å². The molecule has 0 saturated heterocycles. The number of nitrogens with one attached hydrogen (secondary N) is 1. The Morgan fingerprint density at radius 3 is 2.26 bits per heavy atom. The van der Waals surface area contributed by atoms with Gasteiger partial charge in [0.2, 0.25) is 0 Å². The molecule has 0 radical (unpaired) electrons. The van der Waals surface area contributed by atoms with Crippen molar-refractivity contribution in [2.45, 2.75) is 25.8 Å². The zero-order valence-corrected chi connectivity index (χ0v) is 14.0. The van der Waals surface area contributed by atoms with Crippen LogP contribution in [-0.2, 0) is 6.42 Å². The van der Waals surface area contributed by atoms with Crippen molar-refractivity contribution in [3.05, 3.63) is 53.6 Å². The molecule has 0 aliphatic rings. The highest BCUT2D eigenvalue weighted by atomic mass is 16.5. The second kappa shape index (κ2) is 8.44. The summed E-state index contributed by atoms with van der Waals surface area (Å²) < 4.78 is 10.7. The Kier molecular flexibility index (Phi) is 6.29. The average Bonchev–Trinajstić information content (AvgIpc) is 2.60. The second-order valence-corrected chi connectivity index (χ2v) is 5.39. The number of aliphatic hydroxyl groups is 1. The summed E-state index contributed by atoms with van der Waals surface area (Å²) in [7, 11) is 3.29. The van der Waals surface area contributed by atoms with Gasteiger partial charge >= 0.3 is 0 Å². The molecule has 0 aliphatic heterocycles. The lowest BCUT2D eigenvalue weighted by molar-refractivity contribution is 0.299. The highest BCUT2D eigenvalue weighted by Gasteiger charge is 2.12. The molecule has 4 nitrogen and oxygen atoms in total. The standard InChI is InChI=1S/C19H25NO3/c1-4-17(15-7-10-18(22-2)19(13-15)23-3)20-16-8-5-14(6-9-16)11-12-21/h5-10,13,17,20-21H,4,11-12H2,1-3H3. The maximum atomic E-state index is 8.98. The molecule has 23 heavy (non-hydrogen) atoms. The van der Waals surface area contributed by atoms with E-state index in [4.69, 9.17) is 14.6 Å². The van der Waals surface area contributed by atoms with Crippen LogP contribution in [0.5, 0.6) is 11.5 Å². The maximum Gasteiger partial charge on any atom is 0.161 e. The minimum Gasteiger partial charge on any atom is -0.493 e. The van der Waals surface area contributed by atoms with Crippen LogP contribution in [0.25, 0.3) is 0 Å². The van der Waals surface area contributed by atoms with Crippen LogP contribution in [0, 0.1) is 0 Å². The number of ether oxygens (including phenoxy) is 2. The summed E-state index contributed by atoms with van der Waals surface area (Å²) in [5, 5.41) is 12.5. The van der Waals surface area contributed by atoms with Crippen molar-refractivity contribution in [1.82, 2.24) is 0 Å². The fourth-order valence-electron chi connectivity index (χ4n) is 2.59. The summed E-state index contributed by atoms with van der Waals surface area (Å²) in [6, 6.07) is 14.4. The van der Waals surface area contributed by atoms with Crippen molar-refractivity contribution in [1.29, 1.82) is 0 Å². The Labute approximate surface area is 138 Å². The predicted molar refractivity (Wildman–Crippen MR) is 93.4 cm³/mol. The SMILES string of the molecule is CCC(Nc1ccc(CCO)cc1)c1ccc(OC)c(OC)c1. The molecule has 2 N–H and O–H groups in total. The molecule has 124 valence electrons. The molecular weight excluding hydrogens is 290 g/mol. The quantitative estimate of drug-likeness (QED) is 0.778. The monoisotopic (exact) mass is 315 g/mol. The van der Waals surface area contributed by atoms with Gasteiger partial charge in [-0.3, -0.25) is 0 Å². The molecule has 1 atom stereocenters. The normalized spacial score (nSPS) is 11.8. The van der Waals surface area contributed by atoms with Gasteiger partial charge in [0.05, 0.1) is 20.3 Å². The number of hydrogen-bond donors (Lipinski definition) is 2. The van der Waals surface area contributed by atoms with Crippen LogP contribution in [0.1, 0.15) is 30.5 Å². The third-order valence-electron chi connectivity index (χ3n) is 3.91. The van der Waals surface area contributed by atoms with Crippen molar-refractivity contribution in [3.63, 3.8) is 0 Å². The number of hydrogen-bond acceptors (Lipinski definition) is 4. The Bertz CT molecular complexity index is 611. The fraction of sp³-hybridized carbons (Fsp3) is 0.368. The smallest absolute Gasteiger partial charge is 0.161 e. The van der Waals surface area contributed by atoms with Gasteiger partial charge in [-0.15, -0.1) is 0 Å². The first-order chi connectivity index (χ1) is 11.2. The topological polar surface area (TPSA) is 50.7 Å². The van der Waals surface area contributed by atoms with Gasteiger partial charge in [-0.05, 0) is 48.2 Å². The Morgan fingerprint density at radius 1 is 1.00 bits per heavy atom. The van der Waals surface area contributed by atoms with Gasteiger partial charge < -0.3 is 19.9 Å². The molecule has 1 unspecified atom stereocenters. The Hall–Kier alpha value is -2.20. The van der Waals surface area contributed by atoms with E-state index in [0.29, 0.717) is 6.42 Å². The van der Waals surface area contributed by atoms with Crippen molar-refractivity contribution >= 4 is 5.69 Å². The largest absolute Gasteiger partial charge is 0.493 e. The van der Waals surface area contributed by atoms with E-state index >= 15 is 0 Å². The van der Waals surface area contributed by atoms with Crippen LogP contribution in [0.3, 0.4) is 0 Å². The van der Waals surface area contributed by atoms with Crippen LogP contribution in [-0.4, -0.2) is 25.9 Å². The summed E-state index contributed by atoms with van der Waals surface area (Å²) in [5.41, 5.74) is 3.36.